The van der Waals surface area contributed by atoms with Gasteiger partial charge in [-0.25, -0.2) is 4.98 Å². The molecular weight excluding hydrogens is 242 g/mol. The first-order valence-corrected chi connectivity index (χ1v) is 6.48. The van der Waals surface area contributed by atoms with Gasteiger partial charge >= 0.3 is 5.97 Å². The first-order chi connectivity index (χ1) is 9.10. The van der Waals surface area contributed by atoms with E-state index in [1.807, 2.05) is 41.9 Å². The van der Waals surface area contributed by atoms with Crippen LogP contribution in [-0.2, 0) is 11.3 Å². The molecule has 19 heavy (non-hydrogen) atoms. The molecule has 0 aliphatic rings. The third-order valence-corrected chi connectivity index (χ3v) is 3.20. The number of carboxylic acids is 1. The number of nitrogens with zero attached hydrogens (tertiary/aromatic N) is 3. The van der Waals surface area contributed by atoms with Crippen LogP contribution in [0, 0.1) is 5.92 Å². The molecule has 0 bridgehead atoms. The molecule has 0 fully saturated rings. The van der Waals surface area contributed by atoms with Crippen molar-refractivity contribution >= 4 is 11.6 Å². The molecule has 5 nitrogen and oxygen atoms in total. The number of pyridine rings is 1. The van der Waals surface area contributed by atoms with Crippen LogP contribution in [0.5, 0.6) is 0 Å². The van der Waals surface area contributed by atoms with E-state index in [9.17, 15) is 4.79 Å². The van der Waals surface area contributed by atoms with E-state index in [1.165, 1.54) is 0 Å². The molecule has 0 aliphatic carbocycles. The monoisotopic (exact) mass is 261 g/mol. The van der Waals surface area contributed by atoms with E-state index in [1.54, 1.807) is 6.92 Å². The van der Waals surface area contributed by atoms with Crippen molar-refractivity contribution in [1.82, 2.24) is 14.3 Å². The van der Waals surface area contributed by atoms with Crippen LogP contribution in [0.3, 0.4) is 0 Å². The number of carboxylic acid groups (broad SMARTS) is 1. The zero-order chi connectivity index (χ0) is 13.8. The van der Waals surface area contributed by atoms with Crippen LogP contribution in [0.4, 0.5) is 0 Å². The standard InChI is InChI=1S/C14H19N3O2/c1-3-16(8-11(2)14(18)19)9-12-10-17-7-5-4-6-13(17)15-12/h4-7,10-11H,3,8-9H2,1-2H3,(H,18,19). The predicted molar refractivity (Wildman–Crippen MR) is 72.9 cm³/mol. The molecule has 1 N–H and O–H groups in total. The van der Waals surface area contributed by atoms with Crippen LogP contribution < -0.4 is 0 Å². The topological polar surface area (TPSA) is 57.8 Å². The smallest absolute Gasteiger partial charge is 0.307 e. The Morgan fingerprint density at radius 1 is 1.53 bits per heavy atom. The van der Waals surface area contributed by atoms with E-state index in [0.29, 0.717) is 13.1 Å². The second kappa shape index (κ2) is 5.84. The molecule has 0 amide bonds. The van der Waals surface area contributed by atoms with Gasteiger partial charge in [-0.15, -0.1) is 0 Å². The highest BCUT2D eigenvalue weighted by molar-refractivity contribution is 5.69. The Morgan fingerprint density at radius 3 is 2.95 bits per heavy atom. The summed E-state index contributed by atoms with van der Waals surface area (Å²) in [7, 11) is 0. The van der Waals surface area contributed by atoms with Gasteiger partial charge in [0, 0.05) is 25.5 Å². The van der Waals surface area contributed by atoms with Crippen LogP contribution in [0.25, 0.3) is 5.65 Å². The minimum atomic E-state index is -0.756. The highest BCUT2D eigenvalue weighted by atomic mass is 16.4. The number of imidazole rings is 1. The SMILES string of the molecule is CCN(Cc1cn2ccccc2n1)CC(C)C(=O)O. The summed E-state index contributed by atoms with van der Waals surface area (Å²) in [5, 5.41) is 8.96. The van der Waals surface area contributed by atoms with Crippen molar-refractivity contribution < 1.29 is 9.90 Å². The Labute approximate surface area is 112 Å². The number of aliphatic carboxylic acids is 1. The molecule has 0 radical (unpaired) electrons. The molecule has 2 aromatic rings. The van der Waals surface area contributed by atoms with E-state index in [-0.39, 0.29) is 5.92 Å². The van der Waals surface area contributed by atoms with Gasteiger partial charge in [0.05, 0.1) is 11.6 Å². The summed E-state index contributed by atoms with van der Waals surface area (Å²) in [5.74, 6) is -1.12. The maximum atomic E-state index is 10.9. The maximum absolute atomic E-state index is 10.9. The summed E-state index contributed by atoms with van der Waals surface area (Å²) in [4.78, 5) is 17.5. The fraction of sp³-hybridized carbons (Fsp3) is 0.429. The Hall–Kier alpha value is -1.88. The molecule has 2 aromatic heterocycles. The average molecular weight is 261 g/mol. The Morgan fingerprint density at radius 2 is 2.32 bits per heavy atom. The number of carbonyl (C=O) groups is 1. The minimum Gasteiger partial charge on any atom is -0.481 e. The van der Waals surface area contributed by atoms with Crippen molar-refractivity contribution in [2.45, 2.75) is 20.4 Å². The average Bonchev–Trinajstić information content (AvgIpc) is 2.79. The molecular formula is C14H19N3O2. The van der Waals surface area contributed by atoms with Crippen LogP contribution in [0.1, 0.15) is 19.5 Å². The van der Waals surface area contributed by atoms with Crippen molar-refractivity contribution in [3.63, 3.8) is 0 Å². The van der Waals surface area contributed by atoms with Crippen molar-refractivity contribution in [2.75, 3.05) is 13.1 Å². The largest absolute Gasteiger partial charge is 0.481 e. The molecule has 0 saturated carbocycles. The highest BCUT2D eigenvalue weighted by Gasteiger charge is 2.16. The Balaban J connectivity index is 2.07. The second-order valence-corrected chi connectivity index (χ2v) is 4.77. The van der Waals surface area contributed by atoms with Gasteiger partial charge in [0.2, 0.25) is 0 Å². The van der Waals surface area contributed by atoms with Crippen LogP contribution >= 0.6 is 0 Å². The van der Waals surface area contributed by atoms with Gasteiger partial charge in [0.25, 0.3) is 0 Å². The zero-order valence-corrected chi connectivity index (χ0v) is 11.3. The Bertz CT molecular complexity index is 532. The molecule has 1 unspecified atom stereocenters. The lowest BCUT2D eigenvalue weighted by molar-refractivity contribution is -0.141. The van der Waals surface area contributed by atoms with Crippen LogP contribution in [0.15, 0.2) is 30.6 Å². The predicted octanol–water partition coefficient (Wildman–Crippen LogP) is 1.88. The van der Waals surface area contributed by atoms with Gasteiger partial charge in [-0.2, -0.15) is 0 Å². The number of hydrogen-bond acceptors (Lipinski definition) is 3. The third-order valence-electron chi connectivity index (χ3n) is 3.20. The lowest BCUT2D eigenvalue weighted by Gasteiger charge is -2.21. The van der Waals surface area contributed by atoms with Gasteiger partial charge in [0.1, 0.15) is 5.65 Å². The third kappa shape index (κ3) is 3.32. The van der Waals surface area contributed by atoms with E-state index in [0.717, 1.165) is 17.9 Å². The van der Waals surface area contributed by atoms with Gasteiger partial charge in [-0.3, -0.25) is 9.69 Å². The molecule has 0 saturated heterocycles. The van der Waals surface area contributed by atoms with Gasteiger partial charge in [-0.05, 0) is 18.7 Å². The summed E-state index contributed by atoms with van der Waals surface area (Å²) in [6.07, 6.45) is 3.95. The number of aromatic nitrogens is 2. The molecule has 0 aliphatic heterocycles. The normalized spacial score (nSPS) is 13.0. The van der Waals surface area contributed by atoms with E-state index < -0.39 is 5.97 Å². The van der Waals surface area contributed by atoms with Gasteiger partial charge in [-0.1, -0.05) is 19.9 Å². The van der Waals surface area contributed by atoms with Crippen molar-refractivity contribution in [3.05, 3.63) is 36.3 Å². The quantitative estimate of drug-likeness (QED) is 0.862. The van der Waals surface area contributed by atoms with Gasteiger partial charge < -0.3 is 9.51 Å². The summed E-state index contributed by atoms with van der Waals surface area (Å²) in [6, 6.07) is 5.87. The minimum absolute atomic E-state index is 0.364. The molecule has 1 atom stereocenters. The summed E-state index contributed by atoms with van der Waals surface area (Å²) < 4.78 is 1.98. The lowest BCUT2D eigenvalue weighted by atomic mass is 10.1. The van der Waals surface area contributed by atoms with Crippen LogP contribution in [0.2, 0.25) is 0 Å². The molecule has 102 valence electrons. The second-order valence-electron chi connectivity index (χ2n) is 4.77. The van der Waals surface area contributed by atoms with E-state index in [2.05, 4.69) is 9.88 Å². The van der Waals surface area contributed by atoms with Gasteiger partial charge in [0.15, 0.2) is 0 Å². The number of hydrogen-bond donors (Lipinski definition) is 1. The summed E-state index contributed by atoms with van der Waals surface area (Å²) >= 11 is 0. The summed E-state index contributed by atoms with van der Waals surface area (Å²) in [5.41, 5.74) is 1.88. The molecule has 0 aromatic carbocycles. The van der Waals surface area contributed by atoms with Crippen molar-refractivity contribution in [3.8, 4) is 0 Å². The van der Waals surface area contributed by atoms with E-state index >= 15 is 0 Å². The lowest BCUT2D eigenvalue weighted by Crippen LogP contribution is -2.31. The number of rotatable bonds is 6. The van der Waals surface area contributed by atoms with Crippen molar-refractivity contribution in [1.29, 1.82) is 0 Å². The molecule has 0 spiro atoms. The highest BCUT2D eigenvalue weighted by Crippen LogP contribution is 2.09. The molecule has 2 heterocycles. The van der Waals surface area contributed by atoms with Crippen molar-refractivity contribution in [2.24, 2.45) is 5.92 Å². The first kappa shape index (κ1) is 13.5. The molecule has 2 rings (SSSR count). The fourth-order valence-electron chi connectivity index (χ4n) is 2.06. The summed E-state index contributed by atoms with van der Waals surface area (Å²) in [6.45, 7) is 5.79. The first-order valence-electron chi connectivity index (χ1n) is 6.48. The maximum Gasteiger partial charge on any atom is 0.307 e. The van der Waals surface area contributed by atoms with E-state index in [4.69, 9.17) is 5.11 Å². The molecule has 5 heteroatoms. The Kier molecular flexibility index (Phi) is 4.16. The fourth-order valence-corrected chi connectivity index (χ4v) is 2.06. The zero-order valence-electron chi connectivity index (χ0n) is 11.3. The van der Waals surface area contributed by atoms with Crippen LogP contribution in [-0.4, -0.2) is 38.4 Å². The number of fused-ring (bicyclic) bond motifs is 1.